The zero-order valence-electron chi connectivity index (χ0n) is 24.6. The maximum Gasteiger partial charge on any atom is 0.146 e. The van der Waals surface area contributed by atoms with Gasteiger partial charge in [-0.25, -0.2) is 4.98 Å². The Balaban J connectivity index is 1.12. The third-order valence-corrected chi connectivity index (χ3v) is 9.89. The molecule has 0 radical (unpaired) electrons. The minimum atomic E-state index is 0.293. The highest BCUT2D eigenvalue weighted by molar-refractivity contribution is 6.14. The molecule has 0 bridgehead atoms. The van der Waals surface area contributed by atoms with Crippen LogP contribution >= 0.6 is 0 Å². The molecule has 10 rings (SSSR count). The molecule has 2 nitrogen and oxygen atoms in total. The largest absolute Gasteiger partial charge is 0.292 e. The van der Waals surface area contributed by atoms with Gasteiger partial charge in [-0.3, -0.25) is 4.40 Å². The quantitative estimate of drug-likeness (QED) is 0.149. The second-order valence-corrected chi connectivity index (χ2v) is 12.4. The maximum absolute atomic E-state index is 5.14. The highest BCUT2D eigenvalue weighted by Gasteiger charge is 2.23. The first-order valence-electron chi connectivity index (χ1n) is 15.7. The monoisotopic (exact) mass is 572 g/mol. The fourth-order valence-corrected chi connectivity index (χ4v) is 7.72. The molecule has 2 heteroatoms. The van der Waals surface area contributed by atoms with Crippen molar-refractivity contribution in [2.75, 3.05) is 0 Å². The van der Waals surface area contributed by atoms with Crippen LogP contribution in [0.4, 0.5) is 0 Å². The second-order valence-electron chi connectivity index (χ2n) is 12.4. The van der Waals surface area contributed by atoms with Gasteiger partial charge in [0, 0.05) is 11.3 Å². The van der Waals surface area contributed by atoms with Crippen LogP contribution in [-0.2, 0) is 6.42 Å². The fourth-order valence-electron chi connectivity index (χ4n) is 7.72. The number of aromatic nitrogens is 2. The Bertz CT molecular complexity index is 2670. The summed E-state index contributed by atoms with van der Waals surface area (Å²) in [6, 6.07) is 51.0. The number of imidazole rings is 1. The fraction of sp³-hybridized carbons (Fsp3) is 0.0465. The number of fused-ring (bicyclic) bond motifs is 12. The number of benzene rings is 7. The molecule has 1 atom stereocenters. The molecule has 1 aliphatic carbocycles. The lowest BCUT2D eigenvalue weighted by atomic mass is 9.83. The van der Waals surface area contributed by atoms with Crippen molar-refractivity contribution in [2.45, 2.75) is 12.3 Å². The number of allylic oxidation sites excluding steroid dienone is 1. The van der Waals surface area contributed by atoms with Crippen molar-refractivity contribution in [1.29, 1.82) is 0 Å². The number of hydrogen-bond donors (Lipinski definition) is 0. The summed E-state index contributed by atoms with van der Waals surface area (Å²) in [5, 5.41) is 10.2. The van der Waals surface area contributed by atoms with E-state index in [9.17, 15) is 0 Å². The van der Waals surface area contributed by atoms with Crippen LogP contribution in [0.2, 0.25) is 0 Å². The first-order chi connectivity index (χ1) is 22.3. The van der Waals surface area contributed by atoms with Crippen LogP contribution in [0, 0.1) is 0 Å². The summed E-state index contributed by atoms with van der Waals surface area (Å²) in [5.41, 5.74) is 9.75. The van der Waals surface area contributed by atoms with Gasteiger partial charge in [-0.05, 0) is 103 Å². The van der Waals surface area contributed by atoms with Crippen molar-refractivity contribution < 1.29 is 0 Å². The Kier molecular flexibility index (Phi) is 5.15. The van der Waals surface area contributed by atoms with Crippen molar-refractivity contribution in [3.63, 3.8) is 0 Å². The normalized spacial score (nSPS) is 14.7. The van der Waals surface area contributed by atoms with Crippen molar-refractivity contribution in [2.24, 2.45) is 0 Å². The molecule has 2 heterocycles. The molecule has 1 aliphatic rings. The summed E-state index contributed by atoms with van der Waals surface area (Å²) in [7, 11) is 0. The predicted molar refractivity (Wildman–Crippen MR) is 190 cm³/mol. The molecule has 0 spiro atoms. The SMILES string of the molecule is C1=CC(c2ccc(-c3cc4ccccc4c4ccccc34)cc2)Cc2c1n1c3ccccc3nc1c1cc3ccccc3cc21. The van der Waals surface area contributed by atoms with E-state index in [1.165, 1.54) is 71.0 Å². The van der Waals surface area contributed by atoms with Crippen molar-refractivity contribution >= 4 is 65.8 Å². The van der Waals surface area contributed by atoms with Gasteiger partial charge in [-0.15, -0.1) is 0 Å². The summed E-state index contributed by atoms with van der Waals surface area (Å²) in [4.78, 5) is 5.14. The standard InChI is InChI=1S/C43H28N2/c1-2-10-30-25-39-37(23-29(30)9-1)38-24-31(21-22-41(38)45-42-16-8-7-15-40(42)44-43(39)45)27-17-19-28(20-18-27)36-26-32-11-3-4-12-33(32)34-13-5-6-14-35(34)36/h1-23,25-26,31H,24H2. The van der Waals surface area contributed by atoms with Crippen molar-refractivity contribution in [3.05, 3.63) is 162 Å². The first-order valence-corrected chi connectivity index (χ1v) is 15.7. The molecule has 0 amide bonds. The van der Waals surface area contributed by atoms with Gasteiger partial charge in [0.15, 0.2) is 0 Å². The zero-order valence-corrected chi connectivity index (χ0v) is 24.6. The summed E-state index contributed by atoms with van der Waals surface area (Å²) in [6.45, 7) is 0. The summed E-state index contributed by atoms with van der Waals surface area (Å²) >= 11 is 0. The van der Waals surface area contributed by atoms with Crippen LogP contribution in [0.1, 0.15) is 22.7 Å². The Hall–Kier alpha value is -5.73. The van der Waals surface area contributed by atoms with E-state index in [4.69, 9.17) is 4.98 Å². The third-order valence-electron chi connectivity index (χ3n) is 9.89. The van der Waals surface area contributed by atoms with Gasteiger partial charge in [0.2, 0.25) is 0 Å². The highest BCUT2D eigenvalue weighted by Crippen LogP contribution is 2.40. The van der Waals surface area contributed by atoms with E-state index in [1.807, 2.05) is 0 Å². The molecule has 0 aliphatic heterocycles. The number of rotatable bonds is 2. The zero-order chi connectivity index (χ0) is 29.5. The van der Waals surface area contributed by atoms with E-state index in [2.05, 4.69) is 156 Å². The van der Waals surface area contributed by atoms with Gasteiger partial charge >= 0.3 is 0 Å². The third kappa shape index (κ3) is 3.66. The molecule has 1 unspecified atom stereocenters. The molecule has 7 aromatic carbocycles. The number of pyridine rings is 1. The minimum absolute atomic E-state index is 0.293. The van der Waals surface area contributed by atoms with Crippen LogP contribution in [0.15, 0.2) is 146 Å². The predicted octanol–water partition coefficient (Wildman–Crippen LogP) is 11.1. The molecule has 2 aromatic heterocycles. The van der Waals surface area contributed by atoms with E-state index in [0.717, 1.165) is 23.1 Å². The van der Waals surface area contributed by atoms with Crippen LogP contribution in [0.5, 0.6) is 0 Å². The van der Waals surface area contributed by atoms with Gasteiger partial charge in [-0.2, -0.15) is 0 Å². The van der Waals surface area contributed by atoms with Crippen molar-refractivity contribution in [3.8, 4) is 11.1 Å². The van der Waals surface area contributed by atoms with Crippen LogP contribution in [0.25, 0.3) is 77.0 Å². The second kappa shape index (κ2) is 9.38. The smallest absolute Gasteiger partial charge is 0.146 e. The lowest BCUT2D eigenvalue weighted by Crippen LogP contribution is -2.10. The van der Waals surface area contributed by atoms with Crippen LogP contribution in [0.3, 0.4) is 0 Å². The summed E-state index contributed by atoms with van der Waals surface area (Å²) < 4.78 is 2.38. The Labute approximate surface area is 260 Å². The van der Waals surface area contributed by atoms with Crippen molar-refractivity contribution in [1.82, 2.24) is 9.38 Å². The summed E-state index contributed by atoms with van der Waals surface area (Å²) in [5.74, 6) is 0.293. The lowest BCUT2D eigenvalue weighted by Gasteiger charge is -2.24. The molecule has 9 aromatic rings. The minimum Gasteiger partial charge on any atom is -0.292 e. The highest BCUT2D eigenvalue weighted by atomic mass is 15.0. The Morgan fingerprint density at radius 2 is 1.22 bits per heavy atom. The first kappa shape index (κ1) is 24.7. The molecular formula is C43H28N2. The number of hydrogen-bond acceptors (Lipinski definition) is 1. The van der Waals surface area contributed by atoms with E-state index >= 15 is 0 Å². The number of nitrogens with zero attached hydrogens (tertiary/aromatic N) is 2. The van der Waals surface area contributed by atoms with Gasteiger partial charge in [-0.1, -0.05) is 115 Å². The number of para-hydroxylation sites is 2. The molecule has 0 saturated heterocycles. The molecule has 210 valence electrons. The topological polar surface area (TPSA) is 17.3 Å². The molecule has 45 heavy (non-hydrogen) atoms. The average Bonchev–Trinajstić information content (AvgIpc) is 3.51. The van der Waals surface area contributed by atoms with E-state index in [1.54, 1.807) is 0 Å². The van der Waals surface area contributed by atoms with E-state index in [0.29, 0.717) is 5.92 Å². The van der Waals surface area contributed by atoms with Crippen LogP contribution < -0.4 is 0 Å². The molecule has 0 N–H and O–H groups in total. The summed E-state index contributed by atoms with van der Waals surface area (Å²) in [6.07, 6.45) is 5.68. The van der Waals surface area contributed by atoms with E-state index in [-0.39, 0.29) is 0 Å². The van der Waals surface area contributed by atoms with Gasteiger partial charge in [0.25, 0.3) is 0 Å². The van der Waals surface area contributed by atoms with Gasteiger partial charge in [0.05, 0.1) is 16.7 Å². The Morgan fingerprint density at radius 1 is 0.556 bits per heavy atom. The average molecular weight is 573 g/mol. The molecular weight excluding hydrogens is 544 g/mol. The molecule has 0 saturated carbocycles. The van der Waals surface area contributed by atoms with Crippen LogP contribution in [-0.4, -0.2) is 9.38 Å². The molecule has 0 fully saturated rings. The van der Waals surface area contributed by atoms with Gasteiger partial charge in [0.1, 0.15) is 5.65 Å². The maximum atomic E-state index is 5.14. The Morgan fingerprint density at radius 3 is 2.04 bits per heavy atom. The van der Waals surface area contributed by atoms with Gasteiger partial charge < -0.3 is 0 Å². The van der Waals surface area contributed by atoms with E-state index < -0.39 is 0 Å². The lowest BCUT2D eigenvalue weighted by molar-refractivity contribution is 0.823.